The Hall–Kier alpha value is -1.97. The van der Waals surface area contributed by atoms with Crippen molar-refractivity contribution in [1.82, 2.24) is 0 Å². The number of rotatable bonds is 4. The predicted molar refractivity (Wildman–Crippen MR) is 83.6 cm³/mol. The standard InChI is InChI=1S/C16H24N2O2/c1-6-7-14(20-5)15(19)18-13-10-11(17)8-9-12(13)16(2,3)4/h7-10H,6,17H2,1-5H3,(H,18,19)/b14-7+. The van der Waals surface area contributed by atoms with Crippen LogP contribution >= 0.6 is 0 Å². The number of methoxy groups -OCH3 is 1. The molecule has 0 saturated carbocycles. The zero-order valence-corrected chi connectivity index (χ0v) is 12.9. The molecule has 3 N–H and O–H groups in total. The van der Waals surface area contributed by atoms with E-state index < -0.39 is 0 Å². The first-order valence-corrected chi connectivity index (χ1v) is 6.75. The zero-order valence-electron chi connectivity index (χ0n) is 12.9. The van der Waals surface area contributed by atoms with E-state index in [2.05, 4.69) is 26.1 Å². The zero-order chi connectivity index (χ0) is 15.3. The summed E-state index contributed by atoms with van der Waals surface area (Å²) in [4.78, 5) is 12.2. The minimum Gasteiger partial charge on any atom is -0.491 e. The number of benzene rings is 1. The van der Waals surface area contributed by atoms with Gasteiger partial charge in [0.25, 0.3) is 5.91 Å². The first-order valence-electron chi connectivity index (χ1n) is 6.75. The highest BCUT2D eigenvalue weighted by molar-refractivity contribution is 6.03. The number of hydrogen-bond acceptors (Lipinski definition) is 3. The number of nitrogens with one attached hydrogen (secondary N) is 1. The van der Waals surface area contributed by atoms with Crippen LogP contribution in [0.25, 0.3) is 0 Å². The number of ether oxygens (including phenoxy) is 1. The van der Waals surface area contributed by atoms with Crippen molar-refractivity contribution < 1.29 is 9.53 Å². The molecule has 0 aliphatic rings. The van der Waals surface area contributed by atoms with Gasteiger partial charge in [-0.1, -0.05) is 33.8 Å². The number of anilines is 2. The Kier molecular flexibility index (Phi) is 5.19. The highest BCUT2D eigenvalue weighted by Crippen LogP contribution is 2.31. The maximum Gasteiger partial charge on any atom is 0.290 e. The van der Waals surface area contributed by atoms with Gasteiger partial charge in [-0.3, -0.25) is 4.79 Å². The van der Waals surface area contributed by atoms with Crippen molar-refractivity contribution >= 4 is 17.3 Å². The van der Waals surface area contributed by atoms with Crippen LogP contribution in [0.2, 0.25) is 0 Å². The van der Waals surface area contributed by atoms with Crippen LogP contribution in [0.4, 0.5) is 11.4 Å². The Morgan fingerprint density at radius 2 is 2.05 bits per heavy atom. The second-order valence-electron chi connectivity index (χ2n) is 5.69. The number of nitrogens with two attached hydrogens (primary N) is 1. The van der Waals surface area contributed by atoms with E-state index in [9.17, 15) is 4.79 Å². The van der Waals surface area contributed by atoms with E-state index in [4.69, 9.17) is 10.5 Å². The summed E-state index contributed by atoms with van der Waals surface area (Å²) in [5.74, 6) is 0.0558. The lowest BCUT2D eigenvalue weighted by molar-refractivity contribution is -0.115. The summed E-state index contributed by atoms with van der Waals surface area (Å²) in [5.41, 5.74) is 8.11. The van der Waals surface area contributed by atoms with E-state index in [0.29, 0.717) is 11.4 Å². The number of carbonyl (C=O) groups excluding carboxylic acids is 1. The molecule has 0 aromatic heterocycles. The Balaban J connectivity index is 3.11. The summed E-state index contributed by atoms with van der Waals surface area (Å²) < 4.78 is 5.10. The first kappa shape index (κ1) is 16.1. The summed E-state index contributed by atoms with van der Waals surface area (Å²) >= 11 is 0. The topological polar surface area (TPSA) is 64.3 Å². The summed E-state index contributed by atoms with van der Waals surface area (Å²) in [6, 6.07) is 5.56. The molecule has 0 aliphatic heterocycles. The molecular formula is C16H24N2O2. The molecule has 0 aliphatic carbocycles. The van der Waals surface area contributed by atoms with Crippen LogP contribution in [0, 0.1) is 0 Å². The normalized spacial score (nSPS) is 12.2. The monoisotopic (exact) mass is 276 g/mol. The fourth-order valence-electron chi connectivity index (χ4n) is 1.96. The smallest absolute Gasteiger partial charge is 0.290 e. The molecule has 1 amide bonds. The van der Waals surface area contributed by atoms with E-state index in [-0.39, 0.29) is 11.3 Å². The number of nitrogen functional groups attached to an aromatic ring is 1. The van der Waals surface area contributed by atoms with Crippen LogP contribution in [-0.2, 0) is 14.9 Å². The Bertz CT molecular complexity index is 514. The summed E-state index contributed by atoms with van der Waals surface area (Å²) in [7, 11) is 1.49. The highest BCUT2D eigenvalue weighted by atomic mass is 16.5. The quantitative estimate of drug-likeness (QED) is 0.503. The van der Waals surface area contributed by atoms with Gasteiger partial charge in [-0.2, -0.15) is 0 Å². The third-order valence-electron chi connectivity index (χ3n) is 2.93. The van der Waals surface area contributed by atoms with E-state index in [1.54, 1.807) is 12.1 Å². The van der Waals surface area contributed by atoms with Gasteiger partial charge in [0.15, 0.2) is 5.76 Å². The van der Waals surface area contributed by atoms with Gasteiger partial charge in [0, 0.05) is 11.4 Å². The van der Waals surface area contributed by atoms with Gasteiger partial charge >= 0.3 is 0 Å². The molecule has 4 nitrogen and oxygen atoms in total. The molecule has 1 rings (SSSR count). The SMILES string of the molecule is CC/C=C(/OC)C(=O)Nc1cc(N)ccc1C(C)(C)C. The van der Waals surface area contributed by atoms with Gasteiger partial charge in [0.05, 0.1) is 7.11 Å². The molecule has 0 atom stereocenters. The first-order chi connectivity index (χ1) is 9.29. The highest BCUT2D eigenvalue weighted by Gasteiger charge is 2.20. The van der Waals surface area contributed by atoms with Crippen molar-refractivity contribution in [3.05, 3.63) is 35.6 Å². The van der Waals surface area contributed by atoms with Crippen LogP contribution in [0.3, 0.4) is 0 Å². The van der Waals surface area contributed by atoms with Gasteiger partial charge in [0.2, 0.25) is 0 Å². The average molecular weight is 276 g/mol. The van der Waals surface area contributed by atoms with Crippen molar-refractivity contribution in [2.24, 2.45) is 0 Å². The minimum atomic E-state index is -0.259. The van der Waals surface area contributed by atoms with Crippen molar-refractivity contribution in [3.63, 3.8) is 0 Å². The molecule has 110 valence electrons. The van der Waals surface area contributed by atoms with Crippen molar-refractivity contribution in [3.8, 4) is 0 Å². The molecule has 0 radical (unpaired) electrons. The van der Waals surface area contributed by atoms with Crippen LogP contribution in [0.1, 0.15) is 39.7 Å². The molecule has 0 spiro atoms. The van der Waals surface area contributed by atoms with Gasteiger partial charge in [-0.05, 0) is 35.6 Å². The predicted octanol–water partition coefficient (Wildman–Crippen LogP) is 3.45. The molecule has 0 heterocycles. The second-order valence-corrected chi connectivity index (χ2v) is 5.69. The number of hydrogen-bond donors (Lipinski definition) is 2. The van der Waals surface area contributed by atoms with Crippen LogP contribution in [0.5, 0.6) is 0 Å². The Morgan fingerprint density at radius 1 is 1.40 bits per heavy atom. The Morgan fingerprint density at radius 3 is 2.55 bits per heavy atom. The molecule has 0 saturated heterocycles. The van der Waals surface area contributed by atoms with Crippen LogP contribution in [-0.4, -0.2) is 13.0 Å². The number of amides is 1. The largest absolute Gasteiger partial charge is 0.491 e. The molecule has 20 heavy (non-hydrogen) atoms. The van der Waals surface area contributed by atoms with Gasteiger partial charge in [0.1, 0.15) is 0 Å². The average Bonchev–Trinajstić information content (AvgIpc) is 2.34. The van der Waals surface area contributed by atoms with Crippen LogP contribution < -0.4 is 11.1 Å². The lowest BCUT2D eigenvalue weighted by atomic mass is 9.85. The fraction of sp³-hybridized carbons (Fsp3) is 0.438. The summed E-state index contributed by atoms with van der Waals surface area (Å²) in [6.45, 7) is 8.22. The summed E-state index contributed by atoms with van der Waals surface area (Å²) in [5, 5.41) is 2.88. The third kappa shape index (κ3) is 4.02. The van der Waals surface area contributed by atoms with Crippen molar-refractivity contribution in [1.29, 1.82) is 0 Å². The molecular weight excluding hydrogens is 252 g/mol. The van der Waals surface area contributed by atoms with Crippen LogP contribution in [0.15, 0.2) is 30.0 Å². The number of allylic oxidation sites excluding steroid dienone is 1. The van der Waals surface area contributed by atoms with Gasteiger partial charge in [-0.15, -0.1) is 0 Å². The molecule has 1 aromatic carbocycles. The lowest BCUT2D eigenvalue weighted by Gasteiger charge is -2.23. The maximum atomic E-state index is 12.2. The molecule has 0 unspecified atom stereocenters. The fourth-order valence-corrected chi connectivity index (χ4v) is 1.96. The van der Waals surface area contributed by atoms with E-state index >= 15 is 0 Å². The lowest BCUT2D eigenvalue weighted by Crippen LogP contribution is -2.20. The minimum absolute atomic E-state index is 0.0853. The maximum absolute atomic E-state index is 12.2. The molecule has 0 fully saturated rings. The molecule has 1 aromatic rings. The van der Waals surface area contributed by atoms with E-state index in [1.807, 2.05) is 19.1 Å². The second kappa shape index (κ2) is 6.46. The summed E-state index contributed by atoms with van der Waals surface area (Å²) in [6.07, 6.45) is 2.48. The third-order valence-corrected chi connectivity index (χ3v) is 2.93. The van der Waals surface area contributed by atoms with E-state index in [1.165, 1.54) is 7.11 Å². The van der Waals surface area contributed by atoms with Crippen molar-refractivity contribution in [2.75, 3.05) is 18.2 Å². The number of carbonyl (C=O) groups is 1. The molecule has 0 bridgehead atoms. The Labute approximate surface area is 121 Å². The van der Waals surface area contributed by atoms with Crippen molar-refractivity contribution in [2.45, 2.75) is 39.5 Å². The molecule has 4 heteroatoms. The van der Waals surface area contributed by atoms with Gasteiger partial charge in [-0.25, -0.2) is 0 Å². The van der Waals surface area contributed by atoms with Gasteiger partial charge < -0.3 is 15.8 Å². The van der Waals surface area contributed by atoms with E-state index in [0.717, 1.165) is 17.7 Å².